The van der Waals surface area contributed by atoms with Crippen molar-refractivity contribution in [1.82, 2.24) is 24.7 Å². The van der Waals surface area contributed by atoms with Crippen LogP contribution in [0.2, 0.25) is 0 Å². The number of pyridine rings is 1. The summed E-state index contributed by atoms with van der Waals surface area (Å²) in [6.07, 6.45) is -3.54. The second-order valence-electron chi connectivity index (χ2n) is 11.1. The quantitative estimate of drug-likeness (QED) is 0.216. The molecule has 0 bridgehead atoms. The summed E-state index contributed by atoms with van der Waals surface area (Å²) in [5.41, 5.74) is 5.65. The Morgan fingerprint density at radius 1 is 1.10 bits per heavy atom. The average Bonchev–Trinajstić information content (AvgIpc) is 3.49. The van der Waals surface area contributed by atoms with Gasteiger partial charge in [-0.15, -0.1) is 0 Å². The third kappa shape index (κ3) is 5.08. The second-order valence-corrected chi connectivity index (χ2v) is 11.1. The van der Waals surface area contributed by atoms with Crippen LogP contribution in [0, 0.1) is 25.6 Å². The highest BCUT2D eigenvalue weighted by Crippen LogP contribution is 2.39. The van der Waals surface area contributed by atoms with Gasteiger partial charge in [0.15, 0.2) is 11.6 Å². The monoisotopic (exact) mass is 578 g/mol. The van der Waals surface area contributed by atoms with Gasteiger partial charge in [0.05, 0.1) is 34.6 Å². The molecule has 7 nitrogen and oxygen atoms in total. The highest BCUT2D eigenvalue weighted by molar-refractivity contribution is 5.83. The highest BCUT2D eigenvalue weighted by atomic mass is 19.4. The maximum atomic E-state index is 15.0. The Morgan fingerprint density at radius 2 is 1.90 bits per heavy atom. The van der Waals surface area contributed by atoms with Gasteiger partial charge < -0.3 is 14.6 Å². The molecule has 0 atom stereocenters. The number of rotatable bonds is 6. The molecule has 0 saturated heterocycles. The van der Waals surface area contributed by atoms with Crippen molar-refractivity contribution in [3.8, 4) is 22.7 Å². The summed E-state index contributed by atoms with van der Waals surface area (Å²) >= 11 is 0. The van der Waals surface area contributed by atoms with Gasteiger partial charge in [0.1, 0.15) is 17.3 Å². The Balaban J connectivity index is 1.51. The lowest BCUT2D eigenvalue weighted by Crippen LogP contribution is -2.32. The summed E-state index contributed by atoms with van der Waals surface area (Å²) in [6, 6.07) is 12.3. The van der Waals surface area contributed by atoms with Crippen molar-refractivity contribution >= 4 is 16.9 Å². The minimum atomic E-state index is -4.68. The zero-order valence-corrected chi connectivity index (χ0v) is 23.7. The van der Waals surface area contributed by atoms with Crippen LogP contribution in [-0.2, 0) is 19.1 Å². The Morgan fingerprint density at radius 3 is 2.64 bits per heavy atom. The van der Waals surface area contributed by atoms with Crippen molar-refractivity contribution in [1.29, 1.82) is 0 Å². The van der Waals surface area contributed by atoms with Crippen molar-refractivity contribution in [3.63, 3.8) is 0 Å². The zero-order chi connectivity index (χ0) is 29.8. The number of para-hydroxylation sites is 1. The van der Waals surface area contributed by atoms with Crippen LogP contribution >= 0.6 is 0 Å². The minimum absolute atomic E-state index is 0.121. The molecule has 1 N–H and O–H groups in total. The van der Waals surface area contributed by atoms with Crippen molar-refractivity contribution in [2.24, 2.45) is 5.92 Å². The summed E-state index contributed by atoms with van der Waals surface area (Å²) in [7, 11) is 0. The van der Waals surface area contributed by atoms with E-state index in [1.165, 1.54) is 0 Å². The number of benzene rings is 2. The molecule has 0 saturated carbocycles. The number of aromatic nitrogens is 5. The largest absolute Gasteiger partial charge is 0.491 e. The fourth-order valence-corrected chi connectivity index (χ4v) is 5.39. The van der Waals surface area contributed by atoms with E-state index in [1.54, 1.807) is 4.90 Å². The van der Waals surface area contributed by atoms with Crippen LogP contribution < -0.4 is 9.64 Å². The maximum absolute atomic E-state index is 15.0. The van der Waals surface area contributed by atoms with E-state index >= 15 is 4.39 Å². The molecule has 42 heavy (non-hydrogen) atoms. The van der Waals surface area contributed by atoms with Gasteiger partial charge >= 0.3 is 6.18 Å². The van der Waals surface area contributed by atoms with E-state index in [-0.39, 0.29) is 12.4 Å². The molecular weight excluding hydrogens is 548 g/mol. The molecule has 0 unspecified atom stereocenters. The fraction of sp³-hybridized carbons (Fsp3) is 0.323. The van der Waals surface area contributed by atoms with E-state index in [2.05, 4.69) is 28.8 Å². The number of aromatic amines is 1. The van der Waals surface area contributed by atoms with Crippen molar-refractivity contribution in [2.75, 3.05) is 18.1 Å². The van der Waals surface area contributed by atoms with Gasteiger partial charge in [0.25, 0.3) is 0 Å². The third-order valence-electron chi connectivity index (χ3n) is 7.34. The summed E-state index contributed by atoms with van der Waals surface area (Å²) in [5.74, 6) is 0.657. The first-order valence-electron chi connectivity index (χ1n) is 13.8. The summed E-state index contributed by atoms with van der Waals surface area (Å²) in [4.78, 5) is 13.4. The van der Waals surface area contributed by atoms with E-state index in [0.29, 0.717) is 43.5 Å². The molecule has 1 aliphatic rings. The van der Waals surface area contributed by atoms with Gasteiger partial charge in [-0.1, -0.05) is 32.0 Å². The molecule has 5 aromatic rings. The molecule has 0 aliphatic carbocycles. The highest BCUT2D eigenvalue weighted by Gasteiger charge is 2.34. The Hall–Kier alpha value is -4.41. The molecule has 2 aromatic carbocycles. The smallest absolute Gasteiger partial charge is 0.417 e. The number of alkyl halides is 3. The number of aryl methyl sites for hydroxylation is 2. The molecule has 4 heterocycles. The van der Waals surface area contributed by atoms with Gasteiger partial charge in [-0.3, -0.25) is 0 Å². The predicted octanol–water partition coefficient (Wildman–Crippen LogP) is 7.18. The van der Waals surface area contributed by atoms with Crippen LogP contribution in [0.5, 0.6) is 5.75 Å². The Labute approximate surface area is 240 Å². The molecule has 6 rings (SSSR count). The van der Waals surface area contributed by atoms with Gasteiger partial charge in [0.2, 0.25) is 0 Å². The number of fused-ring (bicyclic) bond motifs is 2. The van der Waals surface area contributed by atoms with E-state index in [4.69, 9.17) is 9.84 Å². The van der Waals surface area contributed by atoms with Crippen LogP contribution in [0.15, 0.2) is 48.7 Å². The number of halogens is 4. The average molecular weight is 579 g/mol. The summed E-state index contributed by atoms with van der Waals surface area (Å²) < 4.78 is 62.7. The number of ether oxygens (including phenoxy) is 1. The van der Waals surface area contributed by atoms with Gasteiger partial charge in [-0.25, -0.2) is 19.0 Å². The lowest BCUT2D eigenvalue weighted by Gasteiger charge is -2.28. The first kappa shape index (κ1) is 27.7. The van der Waals surface area contributed by atoms with Gasteiger partial charge in [-0.2, -0.15) is 18.3 Å². The van der Waals surface area contributed by atoms with E-state index in [9.17, 15) is 13.2 Å². The molecule has 0 amide bonds. The lowest BCUT2D eigenvalue weighted by atomic mass is 10.00. The number of nitrogens with one attached hydrogen (secondary N) is 1. The molecule has 0 spiro atoms. The van der Waals surface area contributed by atoms with E-state index in [1.807, 2.05) is 54.9 Å². The Kier molecular flexibility index (Phi) is 6.90. The molecule has 1 aliphatic heterocycles. The fourth-order valence-electron chi connectivity index (χ4n) is 5.39. The molecule has 218 valence electrons. The topological polar surface area (TPSA) is 71.9 Å². The number of nitrogens with zero attached hydrogens (tertiary/aromatic N) is 5. The van der Waals surface area contributed by atoms with Gasteiger partial charge in [0, 0.05) is 36.8 Å². The number of hydrogen-bond acceptors (Lipinski definition) is 5. The van der Waals surface area contributed by atoms with Crippen LogP contribution in [-0.4, -0.2) is 37.9 Å². The van der Waals surface area contributed by atoms with Crippen LogP contribution in [0.1, 0.15) is 42.1 Å². The predicted molar refractivity (Wildman–Crippen MR) is 152 cm³/mol. The number of imidazole rings is 1. The molecule has 0 fully saturated rings. The SMILES string of the molecule is Cc1nc2ccc(-c3c4c(nn3-c3c(C)cccc3OCC(C)C)CCN(c3ncc(C(F)(F)F)cc3F)C4)cc2[nH]1. The third-order valence-corrected chi connectivity index (χ3v) is 7.34. The van der Waals surface area contributed by atoms with E-state index < -0.39 is 17.6 Å². The van der Waals surface area contributed by atoms with Gasteiger partial charge in [-0.05, 0) is 49.6 Å². The molecular formula is C31H30F4N6O. The van der Waals surface area contributed by atoms with Crippen LogP contribution in [0.25, 0.3) is 28.0 Å². The zero-order valence-electron chi connectivity index (χ0n) is 23.7. The van der Waals surface area contributed by atoms with Crippen molar-refractivity contribution < 1.29 is 22.3 Å². The maximum Gasteiger partial charge on any atom is 0.417 e. The number of hydrogen-bond donors (Lipinski definition) is 1. The lowest BCUT2D eigenvalue weighted by molar-refractivity contribution is -0.138. The van der Waals surface area contributed by atoms with Crippen molar-refractivity contribution in [2.45, 2.75) is 46.8 Å². The normalized spacial score (nSPS) is 13.7. The van der Waals surface area contributed by atoms with Crippen LogP contribution in [0.4, 0.5) is 23.4 Å². The number of anilines is 1. The van der Waals surface area contributed by atoms with Crippen LogP contribution in [0.3, 0.4) is 0 Å². The number of H-pyrrole nitrogens is 1. The first-order valence-corrected chi connectivity index (χ1v) is 13.8. The summed E-state index contributed by atoms with van der Waals surface area (Å²) in [6.45, 7) is 9.14. The Bertz CT molecular complexity index is 1790. The molecule has 3 aromatic heterocycles. The molecule has 0 radical (unpaired) electrons. The minimum Gasteiger partial charge on any atom is -0.491 e. The molecule has 11 heteroatoms. The second kappa shape index (κ2) is 10.5. The first-order chi connectivity index (χ1) is 20.0. The van der Waals surface area contributed by atoms with Crippen molar-refractivity contribution in [3.05, 3.63) is 82.7 Å². The standard InChI is InChI=1S/C31H30F4N6O/c1-17(2)16-42-27-7-5-6-18(3)28(27)41-29(20-8-9-25-26(12-20)38-19(4)37-25)22-15-40(11-10-24(22)39-41)30-23(32)13-21(14-36-30)31(33,34)35/h5-9,12-14,17H,10-11,15-16H2,1-4H3,(H,37,38). The summed E-state index contributed by atoms with van der Waals surface area (Å²) in [5, 5.41) is 5.05. The van der Waals surface area contributed by atoms with E-state index in [0.717, 1.165) is 50.6 Å².